The number of nitrogens with one attached hydrogen (secondary N) is 2. The average Bonchev–Trinajstić information content (AvgIpc) is 2.13. The zero-order valence-corrected chi connectivity index (χ0v) is 7.20. The molecule has 0 aliphatic rings. The first-order valence-corrected chi connectivity index (χ1v) is 3.60. The summed E-state index contributed by atoms with van der Waals surface area (Å²) in [6.45, 7) is 3.45. The molecule has 0 spiro atoms. The molecular weight excluding hydrogens is 170 g/mol. The van der Waals surface area contributed by atoms with Crippen LogP contribution in [0.3, 0.4) is 0 Å². The molecule has 0 unspecified atom stereocenters. The highest BCUT2D eigenvalue weighted by molar-refractivity contribution is 5.68. The predicted octanol–water partition coefficient (Wildman–Crippen LogP) is 0.361. The van der Waals surface area contributed by atoms with Crippen LogP contribution in [-0.4, -0.2) is 22.1 Å². The lowest BCUT2D eigenvalue weighted by atomic mass is 10.4. The third kappa shape index (κ3) is 1.78. The van der Waals surface area contributed by atoms with E-state index in [0.29, 0.717) is 5.82 Å². The van der Waals surface area contributed by atoms with Crippen LogP contribution in [0, 0.1) is 0 Å². The van der Waals surface area contributed by atoms with Crippen molar-refractivity contribution in [2.24, 2.45) is 0 Å². The van der Waals surface area contributed by atoms with Crippen molar-refractivity contribution in [2.45, 2.75) is 0 Å². The van der Waals surface area contributed by atoms with Crippen LogP contribution >= 0.6 is 0 Å². The summed E-state index contributed by atoms with van der Waals surface area (Å²) in [7, 11) is 1.64. The second kappa shape index (κ2) is 3.61. The normalized spacial score (nSPS) is 9.31. The van der Waals surface area contributed by atoms with Crippen molar-refractivity contribution < 1.29 is 5.11 Å². The Labute approximate surface area is 75.5 Å². The lowest BCUT2D eigenvalue weighted by molar-refractivity contribution is 0.456. The van der Waals surface area contributed by atoms with E-state index >= 15 is 0 Å². The van der Waals surface area contributed by atoms with Crippen LogP contribution < -0.4 is 16.4 Å². The first-order chi connectivity index (χ1) is 6.19. The Morgan fingerprint density at radius 1 is 1.54 bits per heavy atom. The van der Waals surface area contributed by atoms with Crippen molar-refractivity contribution in [2.75, 3.05) is 23.4 Å². The summed E-state index contributed by atoms with van der Waals surface area (Å²) in [5, 5.41) is 14.6. The van der Waals surface area contributed by atoms with E-state index in [0.717, 1.165) is 0 Å². The standard InChI is InChI=1S/C7H11N5O/c1-3-10-5-4(8)6(13)12-7(9-2)11-5/h3H,1,8H2,2H3,(H3,9,10,11,12,13). The highest BCUT2D eigenvalue weighted by Crippen LogP contribution is 2.25. The molecule has 6 heteroatoms. The van der Waals surface area contributed by atoms with Crippen molar-refractivity contribution in [1.82, 2.24) is 9.97 Å². The highest BCUT2D eigenvalue weighted by Gasteiger charge is 2.08. The Hall–Kier alpha value is -1.98. The molecule has 0 radical (unpaired) electrons. The van der Waals surface area contributed by atoms with Crippen LogP contribution in [0.2, 0.25) is 0 Å². The van der Waals surface area contributed by atoms with Crippen molar-refractivity contribution in [3.63, 3.8) is 0 Å². The Bertz CT molecular complexity index is 325. The van der Waals surface area contributed by atoms with Crippen molar-refractivity contribution in [3.8, 4) is 5.88 Å². The molecule has 0 bridgehead atoms. The van der Waals surface area contributed by atoms with Gasteiger partial charge in [-0.3, -0.25) is 0 Å². The third-order valence-electron chi connectivity index (χ3n) is 1.39. The van der Waals surface area contributed by atoms with Crippen LogP contribution in [0.1, 0.15) is 0 Å². The Morgan fingerprint density at radius 3 is 2.77 bits per heavy atom. The van der Waals surface area contributed by atoms with E-state index < -0.39 is 0 Å². The number of rotatable bonds is 3. The van der Waals surface area contributed by atoms with E-state index in [1.54, 1.807) is 7.05 Å². The van der Waals surface area contributed by atoms with Gasteiger partial charge in [0.15, 0.2) is 5.82 Å². The third-order valence-corrected chi connectivity index (χ3v) is 1.39. The van der Waals surface area contributed by atoms with Gasteiger partial charge in [-0.25, -0.2) is 0 Å². The molecule has 1 heterocycles. The smallest absolute Gasteiger partial charge is 0.241 e. The second-order valence-corrected chi connectivity index (χ2v) is 2.23. The van der Waals surface area contributed by atoms with E-state index in [-0.39, 0.29) is 17.5 Å². The topological polar surface area (TPSA) is 96.1 Å². The largest absolute Gasteiger partial charge is 0.492 e. The minimum Gasteiger partial charge on any atom is -0.492 e. The Balaban J connectivity index is 3.15. The van der Waals surface area contributed by atoms with E-state index in [9.17, 15) is 5.11 Å². The molecule has 70 valence electrons. The Morgan fingerprint density at radius 2 is 2.23 bits per heavy atom. The summed E-state index contributed by atoms with van der Waals surface area (Å²) in [4.78, 5) is 7.62. The van der Waals surface area contributed by atoms with Gasteiger partial charge in [0.1, 0.15) is 5.69 Å². The van der Waals surface area contributed by atoms with Crippen molar-refractivity contribution in [3.05, 3.63) is 12.8 Å². The minimum absolute atomic E-state index is 0.0962. The number of nitrogen functional groups attached to an aromatic ring is 1. The molecule has 0 fully saturated rings. The summed E-state index contributed by atoms with van der Waals surface area (Å²) in [5.41, 5.74) is 5.58. The van der Waals surface area contributed by atoms with Gasteiger partial charge in [-0.15, -0.1) is 0 Å². The molecule has 0 saturated heterocycles. The molecule has 6 nitrogen and oxygen atoms in total. The number of anilines is 3. The average molecular weight is 181 g/mol. The van der Waals surface area contributed by atoms with Gasteiger partial charge in [0, 0.05) is 7.05 Å². The van der Waals surface area contributed by atoms with E-state index in [2.05, 4.69) is 27.2 Å². The molecule has 0 aromatic carbocycles. The molecule has 1 aromatic rings. The number of hydrogen-bond donors (Lipinski definition) is 4. The molecular formula is C7H11N5O. The van der Waals surface area contributed by atoms with Crippen molar-refractivity contribution >= 4 is 17.5 Å². The summed E-state index contributed by atoms with van der Waals surface area (Å²) in [6.07, 6.45) is 1.41. The maximum Gasteiger partial charge on any atom is 0.241 e. The maximum atomic E-state index is 9.25. The van der Waals surface area contributed by atoms with Gasteiger partial charge in [0.2, 0.25) is 11.8 Å². The van der Waals surface area contributed by atoms with Gasteiger partial charge < -0.3 is 21.5 Å². The highest BCUT2D eigenvalue weighted by atomic mass is 16.3. The number of aromatic hydroxyl groups is 1. The van der Waals surface area contributed by atoms with E-state index in [4.69, 9.17) is 5.73 Å². The molecule has 13 heavy (non-hydrogen) atoms. The monoisotopic (exact) mass is 181 g/mol. The Kier molecular flexibility index (Phi) is 2.53. The second-order valence-electron chi connectivity index (χ2n) is 2.23. The van der Waals surface area contributed by atoms with Crippen LogP contribution in [0.15, 0.2) is 12.8 Å². The van der Waals surface area contributed by atoms with Crippen LogP contribution in [0.25, 0.3) is 0 Å². The first kappa shape index (κ1) is 9.11. The van der Waals surface area contributed by atoms with Gasteiger partial charge in [-0.2, -0.15) is 9.97 Å². The van der Waals surface area contributed by atoms with Gasteiger partial charge in [0.05, 0.1) is 0 Å². The quantitative estimate of drug-likeness (QED) is 0.537. The molecule has 0 aliphatic heterocycles. The van der Waals surface area contributed by atoms with Crippen LogP contribution in [0.5, 0.6) is 5.88 Å². The first-order valence-electron chi connectivity index (χ1n) is 3.60. The number of nitrogens with two attached hydrogens (primary N) is 1. The van der Waals surface area contributed by atoms with E-state index in [1.165, 1.54) is 6.20 Å². The summed E-state index contributed by atoms with van der Waals surface area (Å²) in [6, 6.07) is 0. The zero-order chi connectivity index (χ0) is 9.84. The van der Waals surface area contributed by atoms with Crippen LogP contribution in [0.4, 0.5) is 17.5 Å². The van der Waals surface area contributed by atoms with Gasteiger partial charge in [-0.05, 0) is 6.20 Å². The lowest BCUT2D eigenvalue weighted by Crippen LogP contribution is -2.04. The predicted molar refractivity (Wildman–Crippen MR) is 51.5 cm³/mol. The summed E-state index contributed by atoms with van der Waals surface area (Å²) < 4.78 is 0. The van der Waals surface area contributed by atoms with E-state index in [1.807, 2.05) is 0 Å². The lowest BCUT2D eigenvalue weighted by Gasteiger charge is -2.07. The SMILES string of the molecule is C=CNc1nc(NC)nc(O)c1N. The summed E-state index contributed by atoms with van der Waals surface area (Å²) >= 11 is 0. The fraction of sp³-hybridized carbons (Fsp3) is 0.143. The van der Waals surface area contributed by atoms with Crippen molar-refractivity contribution in [1.29, 1.82) is 0 Å². The molecule has 0 aliphatic carbocycles. The molecule has 5 N–H and O–H groups in total. The molecule has 1 rings (SSSR count). The van der Waals surface area contributed by atoms with Crippen LogP contribution in [-0.2, 0) is 0 Å². The maximum absolute atomic E-state index is 9.25. The number of aromatic nitrogens is 2. The summed E-state index contributed by atoms with van der Waals surface area (Å²) in [5.74, 6) is 0.353. The zero-order valence-electron chi connectivity index (χ0n) is 7.20. The molecule has 0 atom stereocenters. The fourth-order valence-electron chi connectivity index (χ4n) is 0.776. The molecule has 0 amide bonds. The number of hydrogen-bond acceptors (Lipinski definition) is 6. The number of nitrogens with zero attached hydrogens (tertiary/aromatic N) is 2. The fourth-order valence-corrected chi connectivity index (χ4v) is 0.776. The van der Waals surface area contributed by atoms with Gasteiger partial charge in [-0.1, -0.05) is 6.58 Å². The van der Waals surface area contributed by atoms with Gasteiger partial charge >= 0.3 is 0 Å². The minimum atomic E-state index is -0.260. The van der Waals surface area contributed by atoms with Gasteiger partial charge in [0.25, 0.3) is 0 Å². The molecule has 0 saturated carbocycles. The molecule has 1 aromatic heterocycles.